The Bertz CT molecular complexity index is 1080. The van der Waals surface area contributed by atoms with Gasteiger partial charge in [0.05, 0.1) is 30.9 Å². The molecule has 164 valence electrons. The minimum atomic E-state index is -3.94. The van der Waals surface area contributed by atoms with Crippen LogP contribution in [0.25, 0.3) is 0 Å². The quantitative estimate of drug-likeness (QED) is 0.519. The zero-order valence-electron chi connectivity index (χ0n) is 17.6. The molecule has 7 nitrogen and oxygen atoms in total. The molecule has 1 N–H and O–H groups in total. The van der Waals surface area contributed by atoms with Crippen molar-refractivity contribution in [3.63, 3.8) is 0 Å². The summed E-state index contributed by atoms with van der Waals surface area (Å²) in [6, 6.07) is 17.2. The molecule has 0 spiro atoms. The summed E-state index contributed by atoms with van der Waals surface area (Å²) in [5.74, 6) is 0.623. The fourth-order valence-electron chi connectivity index (χ4n) is 2.95. The number of ether oxygens (including phenoxy) is 1. The third kappa shape index (κ3) is 6.19. The molecule has 1 aromatic heterocycles. The van der Waals surface area contributed by atoms with Crippen LogP contribution < -0.4 is 10.1 Å². The van der Waals surface area contributed by atoms with Crippen molar-refractivity contribution in [2.24, 2.45) is 0 Å². The molecule has 0 fully saturated rings. The van der Waals surface area contributed by atoms with Crippen molar-refractivity contribution >= 4 is 15.9 Å². The fraction of sp³-hybridized carbons (Fsp3) is 0.261. The van der Waals surface area contributed by atoms with Gasteiger partial charge in [0, 0.05) is 6.54 Å². The van der Waals surface area contributed by atoms with Gasteiger partial charge in [-0.1, -0.05) is 29.8 Å². The fourth-order valence-corrected chi connectivity index (χ4v) is 4.31. The molecule has 0 aliphatic heterocycles. The van der Waals surface area contributed by atoms with Gasteiger partial charge in [0.15, 0.2) is 0 Å². The summed E-state index contributed by atoms with van der Waals surface area (Å²) in [4.78, 5) is 12.6. The number of carbonyl (C=O) groups is 1. The van der Waals surface area contributed by atoms with Crippen LogP contribution in [0.15, 0.2) is 76.2 Å². The minimum Gasteiger partial charge on any atom is -0.494 e. The summed E-state index contributed by atoms with van der Waals surface area (Å²) in [5, 5.41) is 2.78. The molecule has 0 radical (unpaired) electrons. The van der Waals surface area contributed by atoms with Crippen LogP contribution in [0.4, 0.5) is 0 Å². The van der Waals surface area contributed by atoms with E-state index in [1.807, 2.05) is 38.1 Å². The second-order valence-electron chi connectivity index (χ2n) is 7.02. The highest BCUT2D eigenvalue weighted by atomic mass is 32.2. The number of hydrogen-bond acceptors (Lipinski definition) is 5. The molecule has 1 heterocycles. The summed E-state index contributed by atoms with van der Waals surface area (Å²) in [7, 11) is -3.94. The first-order chi connectivity index (χ1) is 14.9. The van der Waals surface area contributed by atoms with Crippen molar-refractivity contribution in [3.8, 4) is 5.75 Å². The van der Waals surface area contributed by atoms with E-state index in [9.17, 15) is 13.2 Å². The van der Waals surface area contributed by atoms with Crippen molar-refractivity contribution in [3.05, 3.63) is 83.8 Å². The molecule has 1 amide bonds. The number of furan rings is 1. The Kier molecular flexibility index (Phi) is 7.49. The Labute approximate surface area is 182 Å². The number of rotatable bonds is 10. The maximum Gasteiger partial charge on any atom is 0.243 e. The smallest absolute Gasteiger partial charge is 0.243 e. The van der Waals surface area contributed by atoms with Crippen LogP contribution in [0.2, 0.25) is 0 Å². The summed E-state index contributed by atoms with van der Waals surface area (Å²) < 4.78 is 38.3. The van der Waals surface area contributed by atoms with E-state index in [-0.39, 0.29) is 18.0 Å². The SMILES string of the molecule is CCOc1ccc(S(=O)(=O)N(CC(=O)NCc2ccc(C)cc2)Cc2ccco2)cc1. The van der Waals surface area contributed by atoms with Crippen LogP contribution in [0, 0.1) is 6.92 Å². The normalized spacial score (nSPS) is 11.5. The van der Waals surface area contributed by atoms with E-state index in [2.05, 4.69) is 5.32 Å². The Morgan fingerprint density at radius 2 is 1.77 bits per heavy atom. The van der Waals surface area contributed by atoms with E-state index in [1.165, 1.54) is 18.4 Å². The number of amides is 1. The van der Waals surface area contributed by atoms with Gasteiger partial charge in [-0.2, -0.15) is 4.31 Å². The molecule has 3 aromatic rings. The number of nitrogens with one attached hydrogen (secondary N) is 1. The molecule has 0 unspecified atom stereocenters. The number of nitrogens with zero attached hydrogens (tertiary/aromatic N) is 1. The molecule has 3 rings (SSSR count). The van der Waals surface area contributed by atoms with Crippen molar-refractivity contribution in [1.29, 1.82) is 0 Å². The van der Waals surface area contributed by atoms with Gasteiger partial charge in [-0.05, 0) is 55.8 Å². The molecule has 0 saturated carbocycles. The highest BCUT2D eigenvalue weighted by Crippen LogP contribution is 2.21. The van der Waals surface area contributed by atoms with Crippen LogP contribution in [0.5, 0.6) is 5.75 Å². The Hall–Kier alpha value is -3.10. The first-order valence-corrected chi connectivity index (χ1v) is 11.4. The van der Waals surface area contributed by atoms with Crippen LogP contribution in [0.1, 0.15) is 23.8 Å². The standard InChI is InChI=1S/C23H26N2O5S/c1-3-29-20-10-12-22(13-11-20)31(27,28)25(16-21-5-4-14-30-21)17-23(26)24-15-19-8-6-18(2)7-9-19/h4-14H,3,15-17H2,1-2H3,(H,24,26). The maximum atomic E-state index is 13.2. The molecular weight excluding hydrogens is 416 g/mol. The lowest BCUT2D eigenvalue weighted by Gasteiger charge is -2.21. The highest BCUT2D eigenvalue weighted by molar-refractivity contribution is 7.89. The van der Waals surface area contributed by atoms with Gasteiger partial charge >= 0.3 is 0 Å². The van der Waals surface area contributed by atoms with E-state index in [4.69, 9.17) is 9.15 Å². The van der Waals surface area contributed by atoms with Crippen molar-refractivity contribution < 1.29 is 22.4 Å². The number of benzene rings is 2. The van der Waals surface area contributed by atoms with Gasteiger partial charge in [0.1, 0.15) is 11.5 Å². The number of sulfonamides is 1. The van der Waals surface area contributed by atoms with Crippen molar-refractivity contribution in [2.45, 2.75) is 31.8 Å². The first kappa shape index (κ1) is 22.6. The molecule has 31 heavy (non-hydrogen) atoms. The van der Waals surface area contributed by atoms with Gasteiger partial charge < -0.3 is 14.5 Å². The largest absolute Gasteiger partial charge is 0.494 e. The Balaban J connectivity index is 1.75. The van der Waals surface area contributed by atoms with Crippen LogP contribution in [0.3, 0.4) is 0 Å². The highest BCUT2D eigenvalue weighted by Gasteiger charge is 2.27. The van der Waals surface area contributed by atoms with Gasteiger partial charge in [0.2, 0.25) is 15.9 Å². The van der Waals surface area contributed by atoms with Gasteiger partial charge in [-0.25, -0.2) is 8.42 Å². The molecule has 0 bridgehead atoms. The molecule has 0 aliphatic carbocycles. The van der Waals surface area contributed by atoms with Crippen molar-refractivity contribution in [1.82, 2.24) is 9.62 Å². The summed E-state index contributed by atoms with van der Waals surface area (Å²) in [6.45, 7) is 4.25. The molecule has 0 aliphatic rings. The Morgan fingerprint density at radius 3 is 2.39 bits per heavy atom. The molecule has 2 aromatic carbocycles. The first-order valence-electron chi connectivity index (χ1n) is 9.96. The third-order valence-corrected chi connectivity index (χ3v) is 6.42. The average molecular weight is 443 g/mol. The second kappa shape index (κ2) is 10.3. The van der Waals surface area contributed by atoms with Crippen molar-refractivity contribution in [2.75, 3.05) is 13.2 Å². The average Bonchev–Trinajstić information content (AvgIpc) is 3.27. The maximum absolute atomic E-state index is 13.2. The number of aryl methyl sites for hydroxylation is 1. The third-order valence-electron chi connectivity index (χ3n) is 4.62. The summed E-state index contributed by atoms with van der Waals surface area (Å²) in [6.07, 6.45) is 1.47. The predicted molar refractivity (Wildman–Crippen MR) is 117 cm³/mol. The summed E-state index contributed by atoms with van der Waals surface area (Å²) >= 11 is 0. The molecule has 0 saturated heterocycles. The van der Waals surface area contributed by atoms with Gasteiger partial charge in [-0.15, -0.1) is 0 Å². The second-order valence-corrected chi connectivity index (χ2v) is 8.96. The zero-order valence-corrected chi connectivity index (χ0v) is 18.4. The topological polar surface area (TPSA) is 88.9 Å². The predicted octanol–water partition coefficient (Wildman–Crippen LogP) is 3.49. The lowest BCUT2D eigenvalue weighted by molar-refractivity contribution is -0.121. The van der Waals surface area contributed by atoms with E-state index < -0.39 is 15.9 Å². The minimum absolute atomic E-state index is 0.0551. The Morgan fingerprint density at radius 1 is 1.06 bits per heavy atom. The molecule has 8 heteroatoms. The van der Waals surface area contributed by atoms with Crippen LogP contribution in [-0.4, -0.2) is 31.8 Å². The monoisotopic (exact) mass is 442 g/mol. The van der Waals surface area contributed by atoms with Crippen LogP contribution >= 0.6 is 0 Å². The summed E-state index contributed by atoms with van der Waals surface area (Å²) in [5.41, 5.74) is 2.06. The lowest BCUT2D eigenvalue weighted by Crippen LogP contribution is -2.40. The zero-order chi connectivity index (χ0) is 22.3. The molecular formula is C23H26N2O5S. The number of carbonyl (C=O) groups excluding carboxylic acids is 1. The van der Waals surface area contributed by atoms with Gasteiger partial charge in [-0.3, -0.25) is 4.79 Å². The lowest BCUT2D eigenvalue weighted by atomic mass is 10.1. The number of hydrogen-bond donors (Lipinski definition) is 1. The van der Waals surface area contributed by atoms with E-state index >= 15 is 0 Å². The van der Waals surface area contributed by atoms with Crippen LogP contribution in [-0.2, 0) is 27.9 Å². The van der Waals surface area contributed by atoms with Gasteiger partial charge in [0.25, 0.3) is 0 Å². The van der Waals surface area contributed by atoms with E-state index in [0.717, 1.165) is 15.4 Å². The molecule has 0 atom stereocenters. The van der Waals surface area contributed by atoms with E-state index in [0.29, 0.717) is 24.7 Å². The van der Waals surface area contributed by atoms with E-state index in [1.54, 1.807) is 24.3 Å².